The Morgan fingerprint density at radius 1 is 0.875 bits per heavy atom. The van der Waals surface area contributed by atoms with Crippen molar-refractivity contribution in [3.63, 3.8) is 0 Å². The molecule has 1 N–H and O–H groups in total. The first kappa shape index (κ1) is 28.4. The fourth-order valence-corrected chi connectivity index (χ4v) is 4.01. The topological polar surface area (TPSA) is 96.0 Å². The van der Waals surface area contributed by atoms with Gasteiger partial charge in [-0.3, -0.25) is 9.78 Å². The van der Waals surface area contributed by atoms with Gasteiger partial charge >= 0.3 is 5.97 Å². The summed E-state index contributed by atoms with van der Waals surface area (Å²) in [6.07, 6.45) is 0.413. The zero-order valence-corrected chi connectivity index (χ0v) is 23.2. The lowest BCUT2D eigenvalue weighted by Gasteiger charge is -2.29. The van der Waals surface area contributed by atoms with Crippen LogP contribution in [0.1, 0.15) is 36.7 Å². The lowest BCUT2D eigenvalue weighted by molar-refractivity contribution is -0.130. The quantitative estimate of drug-likeness (QED) is 0.246. The van der Waals surface area contributed by atoms with E-state index in [1.165, 1.54) is 26.4 Å². The molecule has 4 rings (SSSR count). The maximum absolute atomic E-state index is 15.1. The molecule has 0 aliphatic rings. The normalized spacial score (nSPS) is 12.0. The second-order valence-corrected chi connectivity index (χ2v) is 10.3. The first-order valence-corrected chi connectivity index (χ1v) is 12.6. The number of pyridine rings is 1. The Hall–Kier alpha value is -4.66. The molecule has 0 spiro atoms. The van der Waals surface area contributed by atoms with Crippen LogP contribution in [-0.2, 0) is 9.53 Å². The molecule has 0 saturated heterocycles. The minimum absolute atomic E-state index is 0.0570. The van der Waals surface area contributed by atoms with E-state index in [0.717, 1.165) is 11.6 Å². The number of amides is 1. The van der Waals surface area contributed by atoms with E-state index in [9.17, 15) is 9.59 Å². The van der Waals surface area contributed by atoms with Crippen molar-refractivity contribution in [3.8, 4) is 23.0 Å². The fraction of sp³-hybridized carbons (Fsp3) is 0.258. The van der Waals surface area contributed by atoms with Gasteiger partial charge in [0.2, 0.25) is 0 Å². The van der Waals surface area contributed by atoms with Crippen molar-refractivity contribution >= 4 is 28.5 Å². The lowest BCUT2D eigenvalue weighted by atomic mass is 9.88. The van der Waals surface area contributed by atoms with Crippen molar-refractivity contribution in [2.75, 3.05) is 19.5 Å². The Morgan fingerprint density at radius 3 is 2.17 bits per heavy atom. The summed E-state index contributed by atoms with van der Waals surface area (Å²) < 4.78 is 37.3. The van der Waals surface area contributed by atoms with E-state index in [2.05, 4.69) is 10.3 Å². The first-order valence-electron chi connectivity index (χ1n) is 12.6. The minimum Gasteiger partial charge on any atom is -0.493 e. The molecule has 3 aromatic carbocycles. The Balaban J connectivity index is 1.53. The molecule has 1 heterocycles. The molecule has 8 nitrogen and oxygen atoms in total. The van der Waals surface area contributed by atoms with E-state index in [1.54, 1.807) is 69.4 Å². The van der Waals surface area contributed by atoms with Crippen molar-refractivity contribution in [1.82, 2.24) is 4.98 Å². The third-order valence-electron chi connectivity index (χ3n) is 6.16. The highest BCUT2D eigenvalue weighted by atomic mass is 19.1. The molecule has 0 aliphatic carbocycles. The fourth-order valence-electron chi connectivity index (χ4n) is 4.01. The standard InChI is InChI=1S/C31H31FN2O6/c1-18-7-9-19(10-8-18)30(36)40-28(31(2,3)4)29(35)34-20-11-12-25(22(32)15-20)39-24-13-14-33-23-17-27(38-6)26(37-5)16-21(23)24/h7-17,28H,1-6H3,(H,34,35). The van der Waals surface area contributed by atoms with Crippen LogP contribution in [0.25, 0.3) is 10.9 Å². The van der Waals surface area contributed by atoms with E-state index in [4.69, 9.17) is 18.9 Å². The third-order valence-corrected chi connectivity index (χ3v) is 6.16. The van der Waals surface area contributed by atoms with Crippen LogP contribution in [0.3, 0.4) is 0 Å². The number of anilines is 1. The van der Waals surface area contributed by atoms with E-state index in [0.29, 0.717) is 33.7 Å². The van der Waals surface area contributed by atoms with Crippen LogP contribution in [0, 0.1) is 18.2 Å². The van der Waals surface area contributed by atoms with Gasteiger partial charge in [-0.15, -0.1) is 0 Å². The van der Waals surface area contributed by atoms with E-state index < -0.39 is 29.2 Å². The molecule has 0 fully saturated rings. The van der Waals surface area contributed by atoms with Gasteiger partial charge in [0.1, 0.15) is 5.75 Å². The number of ether oxygens (including phenoxy) is 4. The smallest absolute Gasteiger partial charge is 0.338 e. The van der Waals surface area contributed by atoms with Crippen LogP contribution in [0.15, 0.2) is 66.9 Å². The average molecular weight is 547 g/mol. The van der Waals surface area contributed by atoms with Gasteiger partial charge < -0.3 is 24.3 Å². The summed E-state index contributed by atoms with van der Waals surface area (Å²) in [5.74, 6) is -0.624. The van der Waals surface area contributed by atoms with Gasteiger partial charge in [0.15, 0.2) is 29.2 Å². The third kappa shape index (κ3) is 6.31. The van der Waals surface area contributed by atoms with Gasteiger partial charge in [-0.1, -0.05) is 38.5 Å². The van der Waals surface area contributed by atoms with Crippen molar-refractivity contribution in [2.24, 2.45) is 5.41 Å². The van der Waals surface area contributed by atoms with Gasteiger partial charge in [0, 0.05) is 34.8 Å². The number of hydrogen-bond donors (Lipinski definition) is 1. The molecular weight excluding hydrogens is 515 g/mol. The highest BCUT2D eigenvalue weighted by Gasteiger charge is 2.35. The van der Waals surface area contributed by atoms with E-state index >= 15 is 4.39 Å². The summed E-state index contributed by atoms with van der Waals surface area (Å²) in [6, 6.07) is 15.9. The number of nitrogens with one attached hydrogen (secondary N) is 1. The Kier molecular flexibility index (Phi) is 8.23. The summed E-state index contributed by atoms with van der Waals surface area (Å²) in [4.78, 5) is 30.2. The second kappa shape index (κ2) is 11.6. The Labute approximate surface area is 232 Å². The van der Waals surface area contributed by atoms with E-state index in [1.807, 2.05) is 6.92 Å². The molecule has 0 radical (unpaired) electrons. The number of benzene rings is 3. The SMILES string of the molecule is COc1cc2nccc(Oc3ccc(NC(=O)C(OC(=O)c4ccc(C)cc4)C(C)(C)C)cc3F)c2cc1OC. The maximum atomic E-state index is 15.1. The van der Waals surface area contributed by atoms with Gasteiger partial charge in [-0.25, -0.2) is 9.18 Å². The van der Waals surface area contributed by atoms with Crippen LogP contribution in [-0.4, -0.2) is 37.2 Å². The zero-order chi connectivity index (χ0) is 29.0. The molecule has 0 saturated carbocycles. The average Bonchev–Trinajstić information content (AvgIpc) is 2.92. The van der Waals surface area contributed by atoms with Crippen LogP contribution < -0.4 is 19.5 Å². The number of aromatic nitrogens is 1. The Bertz CT molecular complexity index is 1550. The number of aryl methyl sites for hydroxylation is 1. The van der Waals surface area contributed by atoms with Crippen LogP contribution >= 0.6 is 0 Å². The number of rotatable bonds is 8. The summed E-state index contributed by atoms with van der Waals surface area (Å²) in [7, 11) is 3.04. The van der Waals surface area contributed by atoms with Gasteiger partial charge in [-0.2, -0.15) is 0 Å². The van der Waals surface area contributed by atoms with Crippen molar-refractivity contribution < 1.29 is 32.9 Å². The summed E-state index contributed by atoms with van der Waals surface area (Å²) in [6.45, 7) is 7.24. The van der Waals surface area contributed by atoms with Crippen LogP contribution in [0.5, 0.6) is 23.0 Å². The van der Waals surface area contributed by atoms with Gasteiger partial charge in [0.05, 0.1) is 25.3 Å². The number of nitrogens with zero attached hydrogens (tertiary/aromatic N) is 1. The number of carbonyl (C=O) groups excluding carboxylic acids is 2. The first-order chi connectivity index (χ1) is 19.0. The largest absolute Gasteiger partial charge is 0.493 e. The highest BCUT2D eigenvalue weighted by Crippen LogP contribution is 2.37. The molecule has 0 bridgehead atoms. The highest BCUT2D eigenvalue weighted by molar-refractivity contribution is 5.98. The zero-order valence-electron chi connectivity index (χ0n) is 23.2. The summed E-state index contributed by atoms with van der Waals surface area (Å²) >= 11 is 0. The molecule has 0 aliphatic heterocycles. The molecule has 1 amide bonds. The van der Waals surface area contributed by atoms with Crippen molar-refractivity contribution in [3.05, 3.63) is 83.8 Å². The number of methoxy groups -OCH3 is 2. The molecule has 1 unspecified atom stereocenters. The lowest BCUT2D eigenvalue weighted by Crippen LogP contribution is -2.42. The number of carbonyl (C=O) groups is 2. The molecule has 1 aromatic heterocycles. The van der Waals surface area contributed by atoms with Crippen LogP contribution in [0.2, 0.25) is 0 Å². The predicted molar refractivity (Wildman–Crippen MR) is 150 cm³/mol. The Morgan fingerprint density at radius 2 is 1.55 bits per heavy atom. The molecule has 9 heteroatoms. The molecule has 1 atom stereocenters. The van der Waals surface area contributed by atoms with Crippen LogP contribution in [0.4, 0.5) is 10.1 Å². The minimum atomic E-state index is -1.13. The van der Waals surface area contributed by atoms with Gasteiger partial charge in [-0.05, 0) is 43.3 Å². The van der Waals surface area contributed by atoms with Gasteiger partial charge in [0.25, 0.3) is 5.91 Å². The molecule has 40 heavy (non-hydrogen) atoms. The second-order valence-electron chi connectivity index (χ2n) is 10.3. The predicted octanol–water partition coefficient (Wildman–Crippen LogP) is 6.70. The molecule has 208 valence electrons. The maximum Gasteiger partial charge on any atom is 0.338 e. The summed E-state index contributed by atoms with van der Waals surface area (Å²) in [5.41, 5.74) is 1.36. The van der Waals surface area contributed by atoms with E-state index in [-0.39, 0.29) is 11.4 Å². The van der Waals surface area contributed by atoms with Crippen molar-refractivity contribution in [1.29, 1.82) is 0 Å². The molecular formula is C31H31FN2O6. The van der Waals surface area contributed by atoms with Crippen molar-refractivity contribution in [2.45, 2.75) is 33.8 Å². The summed E-state index contributed by atoms with van der Waals surface area (Å²) in [5, 5.41) is 3.25. The monoisotopic (exact) mass is 546 g/mol. The molecule has 4 aromatic rings. The number of halogens is 1. The number of esters is 1. The number of hydrogen-bond acceptors (Lipinski definition) is 7. The number of fused-ring (bicyclic) bond motifs is 1.